The third-order valence-corrected chi connectivity index (χ3v) is 1.95. The highest BCUT2D eigenvalue weighted by Crippen LogP contribution is 2.18. The predicted molar refractivity (Wildman–Crippen MR) is 64.0 cm³/mol. The lowest BCUT2D eigenvalue weighted by Crippen LogP contribution is -2.05. The first-order chi connectivity index (χ1) is 6.58. The number of halogens is 1. The van der Waals surface area contributed by atoms with Crippen LogP contribution in [-0.4, -0.2) is 6.10 Å². The molecule has 1 aromatic carbocycles. The lowest BCUT2D eigenvalue weighted by molar-refractivity contribution is 0.242. The van der Waals surface area contributed by atoms with Gasteiger partial charge in [-0.25, -0.2) is 0 Å². The van der Waals surface area contributed by atoms with Crippen molar-refractivity contribution in [1.82, 2.24) is 0 Å². The molecule has 0 unspecified atom stereocenters. The van der Waals surface area contributed by atoms with E-state index in [1.54, 1.807) is 0 Å². The van der Waals surface area contributed by atoms with E-state index >= 15 is 0 Å². The van der Waals surface area contributed by atoms with E-state index in [0.717, 1.165) is 16.7 Å². The van der Waals surface area contributed by atoms with Crippen molar-refractivity contribution < 1.29 is 4.74 Å². The summed E-state index contributed by atoms with van der Waals surface area (Å²) < 4.78 is 6.58. The summed E-state index contributed by atoms with van der Waals surface area (Å²) in [6.45, 7) is 7.86. The lowest BCUT2D eigenvalue weighted by Gasteiger charge is -2.10. The van der Waals surface area contributed by atoms with Gasteiger partial charge in [0.15, 0.2) is 0 Å². The second-order valence-corrected chi connectivity index (χ2v) is 4.63. The molecule has 1 nitrogen and oxygen atoms in total. The van der Waals surface area contributed by atoms with E-state index in [4.69, 9.17) is 4.74 Å². The van der Waals surface area contributed by atoms with Gasteiger partial charge in [-0.05, 0) is 36.0 Å². The maximum atomic E-state index is 5.59. The van der Waals surface area contributed by atoms with Gasteiger partial charge in [-0.2, -0.15) is 0 Å². The Morgan fingerprint density at radius 3 is 2.79 bits per heavy atom. The van der Waals surface area contributed by atoms with E-state index in [1.165, 1.54) is 5.56 Å². The number of benzene rings is 1. The molecule has 0 heterocycles. The highest BCUT2D eigenvalue weighted by atomic mass is 79.9. The van der Waals surface area contributed by atoms with Gasteiger partial charge in [0.2, 0.25) is 0 Å². The fourth-order valence-electron chi connectivity index (χ4n) is 1.22. The summed E-state index contributed by atoms with van der Waals surface area (Å²) in [7, 11) is 0. The van der Waals surface area contributed by atoms with Crippen LogP contribution in [-0.2, 0) is 6.42 Å². The molecule has 0 amide bonds. The molecule has 0 atom stereocenters. The van der Waals surface area contributed by atoms with Crippen LogP contribution in [0, 0.1) is 0 Å². The Morgan fingerprint density at radius 1 is 1.50 bits per heavy atom. The minimum absolute atomic E-state index is 0.220. The third kappa shape index (κ3) is 3.97. The smallest absolute Gasteiger partial charge is 0.119 e. The van der Waals surface area contributed by atoms with Crippen molar-refractivity contribution in [2.45, 2.75) is 26.4 Å². The number of hydrogen-bond acceptors (Lipinski definition) is 1. The first kappa shape index (κ1) is 11.3. The van der Waals surface area contributed by atoms with Crippen LogP contribution in [0.3, 0.4) is 0 Å². The molecular weight excluding hydrogens is 240 g/mol. The number of allylic oxidation sites excluding steroid dienone is 1. The van der Waals surface area contributed by atoms with Gasteiger partial charge in [0.1, 0.15) is 5.75 Å². The summed E-state index contributed by atoms with van der Waals surface area (Å²) in [6, 6.07) is 8.09. The number of hydrogen-bond donors (Lipinski definition) is 0. The zero-order valence-electron chi connectivity index (χ0n) is 8.59. The fourth-order valence-corrected chi connectivity index (χ4v) is 1.55. The molecule has 0 radical (unpaired) electrons. The van der Waals surface area contributed by atoms with E-state index in [2.05, 4.69) is 28.6 Å². The Morgan fingerprint density at radius 2 is 2.21 bits per heavy atom. The van der Waals surface area contributed by atoms with Gasteiger partial charge in [-0.1, -0.05) is 34.6 Å². The van der Waals surface area contributed by atoms with Gasteiger partial charge in [0.05, 0.1) is 6.10 Å². The largest absolute Gasteiger partial charge is 0.491 e. The molecule has 1 rings (SSSR count). The van der Waals surface area contributed by atoms with Crippen molar-refractivity contribution in [2.24, 2.45) is 0 Å². The molecule has 0 saturated heterocycles. The molecule has 0 N–H and O–H groups in total. The monoisotopic (exact) mass is 254 g/mol. The quantitative estimate of drug-likeness (QED) is 0.792. The molecule has 0 saturated carbocycles. The maximum absolute atomic E-state index is 5.59. The van der Waals surface area contributed by atoms with Crippen LogP contribution in [0.25, 0.3) is 0 Å². The Labute approximate surface area is 93.9 Å². The van der Waals surface area contributed by atoms with Gasteiger partial charge in [-0.3, -0.25) is 0 Å². The summed E-state index contributed by atoms with van der Waals surface area (Å²) in [5, 5.41) is 0. The summed E-state index contributed by atoms with van der Waals surface area (Å²) in [5.41, 5.74) is 1.21. The second-order valence-electron chi connectivity index (χ2n) is 3.51. The molecule has 2 heteroatoms. The molecule has 0 aromatic heterocycles. The van der Waals surface area contributed by atoms with Gasteiger partial charge in [-0.15, -0.1) is 0 Å². The summed E-state index contributed by atoms with van der Waals surface area (Å²) in [5.74, 6) is 0.922. The van der Waals surface area contributed by atoms with Crippen molar-refractivity contribution >= 4 is 15.9 Å². The van der Waals surface area contributed by atoms with Crippen LogP contribution in [0.2, 0.25) is 0 Å². The third-order valence-electron chi connectivity index (χ3n) is 1.67. The maximum Gasteiger partial charge on any atom is 0.119 e. The van der Waals surface area contributed by atoms with Gasteiger partial charge < -0.3 is 4.74 Å². The van der Waals surface area contributed by atoms with E-state index in [0.29, 0.717) is 0 Å². The Kier molecular flexibility index (Phi) is 4.21. The Hall–Kier alpha value is -0.760. The van der Waals surface area contributed by atoms with Crippen LogP contribution >= 0.6 is 15.9 Å². The van der Waals surface area contributed by atoms with Gasteiger partial charge in [0, 0.05) is 6.42 Å². The predicted octanol–water partition coefficient (Wildman–Crippen LogP) is 3.92. The second kappa shape index (κ2) is 5.20. The summed E-state index contributed by atoms with van der Waals surface area (Å²) >= 11 is 3.35. The first-order valence-electron chi connectivity index (χ1n) is 4.67. The SMILES string of the molecule is C=C(Br)Cc1cccc(OC(C)C)c1. The van der Waals surface area contributed by atoms with Crippen LogP contribution < -0.4 is 4.74 Å². The van der Waals surface area contributed by atoms with E-state index < -0.39 is 0 Å². The average Bonchev–Trinajstić information content (AvgIpc) is 2.01. The number of ether oxygens (including phenoxy) is 1. The summed E-state index contributed by atoms with van der Waals surface area (Å²) in [6.07, 6.45) is 1.06. The molecule has 0 fully saturated rings. The van der Waals surface area contributed by atoms with Crippen molar-refractivity contribution in [3.05, 3.63) is 40.9 Å². The molecule has 0 aliphatic heterocycles. The molecule has 0 aliphatic carbocycles. The minimum Gasteiger partial charge on any atom is -0.491 e. The minimum atomic E-state index is 0.220. The molecule has 76 valence electrons. The number of rotatable bonds is 4. The molecule has 0 aliphatic rings. The average molecular weight is 255 g/mol. The van der Waals surface area contributed by atoms with Crippen LogP contribution in [0.4, 0.5) is 0 Å². The van der Waals surface area contributed by atoms with E-state index in [-0.39, 0.29) is 6.10 Å². The van der Waals surface area contributed by atoms with Gasteiger partial charge in [0.25, 0.3) is 0 Å². The normalized spacial score (nSPS) is 10.3. The Balaban J connectivity index is 2.73. The Bertz CT molecular complexity index is 318. The molecule has 0 bridgehead atoms. The highest BCUT2D eigenvalue weighted by molar-refractivity contribution is 9.11. The van der Waals surface area contributed by atoms with Crippen molar-refractivity contribution in [3.8, 4) is 5.75 Å². The zero-order chi connectivity index (χ0) is 10.6. The lowest BCUT2D eigenvalue weighted by atomic mass is 10.1. The standard InChI is InChI=1S/C12H15BrO/c1-9(2)14-12-6-4-5-11(8-12)7-10(3)13/h4-6,8-9H,3,7H2,1-2H3. The molecule has 1 aromatic rings. The van der Waals surface area contributed by atoms with Gasteiger partial charge >= 0.3 is 0 Å². The van der Waals surface area contributed by atoms with Crippen LogP contribution in [0.5, 0.6) is 5.75 Å². The van der Waals surface area contributed by atoms with E-state index in [9.17, 15) is 0 Å². The van der Waals surface area contributed by atoms with Crippen molar-refractivity contribution in [1.29, 1.82) is 0 Å². The molecule has 14 heavy (non-hydrogen) atoms. The van der Waals surface area contributed by atoms with Crippen molar-refractivity contribution in [2.75, 3.05) is 0 Å². The zero-order valence-corrected chi connectivity index (χ0v) is 10.2. The first-order valence-corrected chi connectivity index (χ1v) is 5.46. The topological polar surface area (TPSA) is 9.23 Å². The molecular formula is C12H15BrO. The molecule has 0 spiro atoms. The van der Waals surface area contributed by atoms with Crippen molar-refractivity contribution in [3.63, 3.8) is 0 Å². The highest BCUT2D eigenvalue weighted by Gasteiger charge is 1.99. The fraction of sp³-hybridized carbons (Fsp3) is 0.333. The van der Waals surface area contributed by atoms with Crippen LogP contribution in [0.1, 0.15) is 19.4 Å². The summed E-state index contributed by atoms with van der Waals surface area (Å²) in [4.78, 5) is 0. The van der Waals surface area contributed by atoms with E-state index in [1.807, 2.05) is 32.0 Å². The van der Waals surface area contributed by atoms with Crippen LogP contribution in [0.15, 0.2) is 35.3 Å².